The van der Waals surface area contributed by atoms with E-state index in [1.165, 1.54) is 0 Å². The van der Waals surface area contributed by atoms with Gasteiger partial charge in [0.1, 0.15) is 17.3 Å². The van der Waals surface area contributed by atoms with E-state index in [-0.39, 0.29) is 0 Å². The van der Waals surface area contributed by atoms with Gasteiger partial charge in [-0.2, -0.15) is 0 Å². The monoisotopic (exact) mass is 276 g/mol. The van der Waals surface area contributed by atoms with Crippen molar-refractivity contribution in [3.63, 3.8) is 0 Å². The maximum absolute atomic E-state index is 5.71. The molecule has 1 unspecified atom stereocenters. The zero-order valence-corrected chi connectivity index (χ0v) is 12.8. The van der Waals surface area contributed by atoms with Crippen molar-refractivity contribution >= 4 is 5.84 Å². The third kappa shape index (κ3) is 3.44. The molecule has 1 atom stereocenters. The van der Waals surface area contributed by atoms with Gasteiger partial charge in [0, 0.05) is 12.1 Å². The Kier molecular flexibility index (Phi) is 4.88. The minimum atomic E-state index is 0.432. The summed E-state index contributed by atoms with van der Waals surface area (Å²) in [6, 6.07) is 6.30. The molecule has 1 heterocycles. The van der Waals surface area contributed by atoms with Gasteiger partial charge in [0.2, 0.25) is 0 Å². The molecule has 0 aromatic heterocycles. The van der Waals surface area contributed by atoms with E-state index >= 15 is 0 Å². The number of hydrogen-bond acceptors (Lipinski definition) is 4. The van der Waals surface area contributed by atoms with Crippen molar-refractivity contribution in [1.82, 2.24) is 5.32 Å². The molecule has 0 spiro atoms. The van der Waals surface area contributed by atoms with Crippen LogP contribution in [0, 0.1) is 5.92 Å². The first-order chi connectivity index (χ1) is 9.63. The lowest BCUT2D eigenvalue weighted by Gasteiger charge is -2.16. The topological polar surface area (TPSA) is 42.9 Å². The molecule has 0 bridgehead atoms. The second-order valence-electron chi connectivity index (χ2n) is 5.46. The van der Waals surface area contributed by atoms with Crippen molar-refractivity contribution in [3.05, 3.63) is 23.8 Å². The molecule has 4 heteroatoms. The van der Waals surface area contributed by atoms with E-state index in [0.717, 1.165) is 35.9 Å². The second-order valence-corrected chi connectivity index (χ2v) is 5.46. The Bertz CT molecular complexity index is 483. The highest BCUT2D eigenvalue weighted by atomic mass is 16.5. The first-order valence-corrected chi connectivity index (χ1v) is 7.26. The molecule has 1 aromatic carbocycles. The van der Waals surface area contributed by atoms with Gasteiger partial charge in [-0.3, -0.25) is 4.99 Å². The van der Waals surface area contributed by atoms with Crippen molar-refractivity contribution in [2.75, 3.05) is 20.3 Å². The van der Waals surface area contributed by atoms with Crippen LogP contribution in [0.3, 0.4) is 0 Å². The van der Waals surface area contributed by atoms with Crippen molar-refractivity contribution in [1.29, 1.82) is 0 Å². The van der Waals surface area contributed by atoms with Crippen LogP contribution in [0.25, 0.3) is 0 Å². The number of nitrogens with one attached hydrogen (secondary N) is 1. The van der Waals surface area contributed by atoms with Crippen LogP contribution in [-0.4, -0.2) is 32.1 Å². The number of ether oxygens (including phenoxy) is 2. The van der Waals surface area contributed by atoms with Crippen LogP contribution in [0.2, 0.25) is 0 Å². The molecule has 0 saturated heterocycles. The molecule has 1 aliphatic rings. The summed E-state index contributed by atoms with van der Waals surface area (Å²) >= 11 is 0. The number of hydrogen-bond donors (Lipinski definition) is 1. The maximum Gasteiger partial charge on any atom is 0.133 e. The van der Waals surface area contributed by atoms with Gasteiger partial charge in [-0.05, 0) is 31.4 Å². The SMILES string of the molecule is CCOc1cc(OC)ccc1C1=NCC(CC(C)C)N1. The number of aliphatic imine (C=N–C) groups is 1. The number of rotatable bonds is 6. The van der Waals surface area contributed by atoms with Crippen molar-refractivity contribution in [2.24, 2.45) is 10.9 Å². The Morgan fingerprint density at radius 3 is 2.85 bits per heavy atom. The average molecular weight is 276 g/mol. The van der Waals surface area contributed by atoms with Gasteiger partial charge >= 0.3 is 0 Å². The molecule has 4 nitrogen and oxygen atoms in total. The number of amidine groups is 1. The van der Waals surface area contributed by atoms with Gasteiger partial charge < -0.3 is 14.8 Å². The molecule has 1 N–H and O–H groups in total. The van der Waals surface area contributed by atoms with Crippen LogP contribution >= 0.6 is 0 Å². The lowest BCUT2D eigenvalue weighted by Crippen LogP contribution is -2.32. The van der Waals surface area contributed by atoms with E-state index in [0.29, 0.717) is 18.6 Å². The van der Waals surface area contributed by atoms with Crippen LogP contribution in [-0.2, 0) is 0 Å². The summed E-state index contributed by atoms with van der Waals surface area (Å²) in [5.74, 6) is 3.23. The second kappa shape index (κ2) is 6.64. The van der Waals surface area contributed by atoms with Crippen LogP contribution < -0.4 is 14.8 Å². The highest BCUT2D eigenvalue weighted by molar-refractivity contribution is 6.02. The largest absolute Gasteiger partial charge is 0.497 e. The fourth-order valence-corrected chi connectivity index (χ4v) is 2.45. The first kappa shape index (κ1) is 14.7. The van der Waals surface area contributed by atoms with E-state index in [2.05, 4.69) is 24.2 Å². The summed E-state index contributed by atoms with van der Waals surface area (Å²) in [4.78, 5) is 4.62. The zero-order valence-electron chi connectivity index (χ0n) is 12.8. The van der Waals surface area contributed by atoms with Crippen molar-refractivity contribution in [3.8, 4) is 11.5 Å². The number of benzene rings is 1. The van der Waals surface area contributed by atoms with Gasteiger partial charge in [-0.1, -0.05) is 13.8 Å². The maximum atomic E-state index is 5.71. The fraction of sp³-hybridized carbons (Fsp3) is 0.562. The normalized spacial score (nSPS) is 17.9. The van der Waals surface area contributed by atoms with Gasteiger partial charge in [-0.15, -0.1) is 0 Å². The van der Waals surface area contributed by atoms with Crippen LogP contribution in [0.5, 0.6) is 11.5 Å². The Balaban J connectivity index is 2.16. The van der Waals surface area contributed by atoms with E-state index in [9.17, 15) is 0 Å². The summed E-state index contributed by atoms with van der Waals surface area (Å²) in [6.45, 7) is 7.92. The molecular weight excluding hydrogens is 252 g/mol. The predicted molar refractivity (Wildman–Crippen MR) is 81.9 cm³/mol. The Hall–Kier alpha value is -1.71. The molecule has 1 aliphatic heterocycles. The minimum Gasteiger partial charge on any atom is -0.497 e. The quantitative estimate of drug-likeness (QED) is 0.869. The van der Waals surface area contributed by atoms with Crippen LogP contribution in [0.1, 0.15) is 32.8 Å². The lowest BCUT2D eigenvalue weighted by atomic mass is 10.0. The van der Waals surface area contributed by atoms with E-state index < -0.39 is 0 Å². The van der Waals surface area contributed by atoms with E-state index in [1.54, 1.807) is 7.11 Å². The molecule has 2 rings (SSSR count). The lowest BCUT2D eigenvalue weighted by molar-refractivity contribution is 0.335. The number of nitrogens with zero attached hydrogens (tertiary/aromatic N) is 1. The molecule has 0 fully saturated rings. The van der Waals surface area contributed by atoms with Gasteiger partial charge in [0.15, 0.2) is 0 Å². The fourth-order valence-electron chi connectivity index (χ4n) is 2.45. The van der Waals surface area contributed by atoms with Crippen LogP contribution in [0.4, 0.5) is 0 Å². The molecule has 0 aliphatic carbocycles. The molecule has 0 radical (unpaired) electrons. The molecule has 1 aromatic rings. The summed E-state index contributed by atoms with van der Waals surface area (Å²) < 4.78 is 11.0. The molecule has 20 heavy (non-hydrogen) atoms. The number of methoxy groups -OCH3 is 1. The van der Waals surface area contributed by atoms with Crippen LogP contribution in [0.15, 0.2) is 23.2 Å². The molecule has 110 valence electrons. The predicted octanol–water partition coefficient (Wildman–Crippen LogP) is 2.86. The van der Waals surface area contributed by atoms with Gasteiger partial charge in [0.25, 0.3) is 0 Å². The Morgan fingerprint density at radius 2 is 2.20 bits per heavy atom. The Morgan fingerprint density at radius 1 is 1.40 bits per heavy atom. The standard InChI is InChI=1S/C16H24N2O2/c1-5-20-15-9-13(19-4)6-7-14(15)16-17-10-12(18-16)8-11(2)3/h6-7,9,11-12H,5,8,10H2,1-4H3,(H,17,18). The smallest absolute Gasteiger partial charge is 0.133 e. The van der Waals surface area contributed by atoms with Crippen molar-refractivity contribution in [2.45, 2.75) is 33.2 Å². The summed E-state index contributed by atoms with van der Waals surface area (Å²) in [6.07, 6.45) is 1.13. The Labute approximate surface area is 121 Å². The summed E-state index contributed by atoms with van der Waals surface area (Å²) in [5.41, 5.74) is 1.01. The summed E-state index contributed by atoms with van der Waals surface area (Å²) in [7, 11) is 1.66. The highest BCUT2D eigenvalue weighted by Crippen LogP contribution is 2.26. The first-order valence-electron chi connectivity index (χ1n) is 7.26. The van der Waals surface area contributed by atoms with E-state index in [1.807, 2.05) is 25.1 Å². The summed E-state index contributed by atoms with van der Waals surface area (Å²) in [5, 5.41) is 3.50. The zero-order chi connectivity index (χ0) is 14.5. The van der Waals surface area contributed by atoms with Gasteiger partial charge in [-0.25, -0.2) is 0 Å². The highest BCUT2D eigenvalue weighted by Gasteiger charge is 2.22. The third-order valence-electron chi connectivity index (χ3n) is 3.31. The average Bonchev–Trinajstić information content (AvgIpc) is 2.86. The molecule has 0 saturated carbocycles. The molecule has 0 amide bonds. The van der Waals surface area contributed by atoms with Crippen molar-refractivity contribution < 1.29 is 9.47 Å². The van der Waals surface area contributed by atoms with E-state index in [4.69, 9.17) is 9.47 Å². The minimum absolute atomic E-state index is 0.432. The molecular formula is C16H24N2O2. The van der Waals surface area contributed by atoms with Gasteiger partial charge in [0.05, 0.1) is 25.8 Å². The third-order valence-corrected chi connectivity index (χ3v) is 3.31.